The number of esters is 1. The molecule has 1 aliphatic heterocycles. The summed E-state index contributed by atoms with van der Waals surface area (Å²) >= 11 is 0. The molecule has 1 saturated heterocycles. The molecule has 3 nitrogen and oxygen atoms in total. The van der Waals surface area contributed by atoms with E-state index in [2.05, 4.69) is 79.7 Å². The Bertz CT molecular complexity index is 1230. The second kappa shape index (κ2) is 14.0. The van der Waals surface area contributed by atoms with E-state index in [4.69, 9.17) is 9.47 Å². The maximum absolute atomic E-state index is 13.2. The standard InChI is InChI=1S/C46H76O3/c1-9-10-11-12-13-14-15-16-17-18-19-20-21-22-39(47)49-38-25-26-42(6)35(41(38,4)5)23-27-43(7)36(42)24-28-46-37-33-40(2,3)29-31-45(37,34-48-46)32-30-44(43,46)8/h14-15,24,28,35-38H,9-13,16-23,25-27,29-34H2,1-8H3/b15-14-/t35-,36+,37+,38-,42-,43+,44-,45+,46-/m0/s1. The van der Waals surface area contributed by atoms with Gasteiger partial charge < -0.3 is 9.47 Å². The average molecular weight is 677 g/mol. The van der Waals surface area contributed by atoms with Crippen molar-refractivity contribution in [2.75, 3.05) is 6.61 Å². The molecule has 1 heterocycles. The van der Waals surface area contributed by atoms with Gasteiger partial charge in [0.2, 0.25) is 0 Å². The van der Waals surface area contributed by atoms with Gasteiger partial charge in [-0.15, -0.1) is 0 Å². The maximum Gasteiger partial charge on any atom is 0.306 e. The summed E-state index contributed by atoms with van der Waals surface area (Å²) in [6.07, 6.45) is 35.8. The molecule has 5 fully saturated rings. The molecule has 1 spiro atoms. The van der Waals surface area contributed by atoms with Crippen molar-refractivity contribution in [3.8, 4) is 0 Å². The molecule has 0 aromatic carbocycles. The van der Waals surface area contributed by atoms with Crippen molar-refractivity contribution < 1.29 is 14.3 Å². The number of hydrogen-bond acceptors (Lipinski definition) is 3. The van der Waals surface area contributed by atoms with Crippen LogP contribution in [0.2, 0.25) is 0 Å². The van der Waals surface area contributed by atoms with Crippen LogP contribution in [0, 0.1) is 50.2 Å². The number of unbranched alkanes of at least 4 members (excludes halogenated alkanes) is 9. The van der Waals surface area contributed by atoms with Gasteiger partial charge in [-0.25, -0.2) is 0 Å². The third-order valence-corrected chi connectivity index (χ3v) is 16.9. The van der Waals surface area contributed by atoms with Crippen LogP contribution in [-0.4, -0.2) is 24.3 Å². The summed E-state index contributed by atoms with van der Waals surface area (Å²) in [6.45, 7) is 21.1. The molecule has 2 bridgehead atoms. The molecule has 278 valence electrons. The van der Waals surface area contributed by atoms with Crippen molar-refractivity contribution in [1.29, 1.82) is 0 Å². The van der Waals surface area contributed by atoms with Crippen LogP contribution < -0.4 is 0 Å². The summed E-state index contributed by atoms with van der Waals surface area (Å²) in [4.78, 5) is 13.2. The number of carbonyl (C=O) groups excluding carboxylic acids is 1. The van der Waals surface area contributed by atoms with Crippen LogP contribution in [0.1, 0.15) is 190 Å². The zero-order valence-electron chi connectivity index (χ0n) is 33.4. The van der Waals surface area contributed by atoms with E-state index in [1.807, 2.05) is 0 Å². The fourth-order valence-corrected chi connectivity index (χ4v) is 13.6. The first-order chi connectivity index (χ1) is 23.2. The number of fused-ring (bicyclic) bond motifs is 4. The fraction of sp³-hybridized carbons (Fsp3) is 0.891. The molecular weight excluding hydrogens is 601 g/mol. The van der Waals surface area contributed by atoms with Crippen LogP contribution >= 0.6 is 0 Å². The molecule has 0 aromatic rings. The summed E-state index contributed by atoms with van der Waals surface area (Å²) < 4.78 is 13.6. The van der Waals surface area contributed by atoms with Gasteiger partial charge in [0, 0.05) is 23.2 Å². The highest BCUT2D eigenvalue weighted by atomic mass is 16.5. The monoisotopic (exact) mass is 677 g/mol. The number of rotatable bonds is 14. The van der Waals surface area contributed by atoms with Gasteiger partial charge in [0.15, 0.2) is 0 Å². The highest BCUT2D eigenvalue weighted by Crippen LogP contribution is 2.79. The summed E-state index contributed by atoms with van der Waals surface area (Å²) in [5.41, 5.74) is 1.27. The Labute approximate surface area is 302 Å². The van der Waals surface area contributed by atoms with Crippen LogP contribution in [-0.2, 0) is 14.3 Å². The summed E-state index contributed by atoms with van der Waals surface area (Å²) in [6, 6.07) is 0. The topological polar surface area (TPSA) is 35.5 Å². The van der Waals surface area contributed by atoms with Crippen LogP contribution in [0.15, 0.2) is 24.3 Å². The first kappa shape index (κ1) is 37.7. The number of ether oxygens (including phenoxy) is 2. The van der Waals surface area contributed by atoms with Crippen LogP contribution in [0.4, 0.5) is 0 Å². The molecule has 6 rings (SSSR count). The van der Waals surface area contributed by atoms with Gasteiger partial charge in [-0.1, -0.05) is 118 Å². The van der Waals surface area contributed by atoms with Crippen molar-refractivity contribution in [1.82, 2.24) is 0 Å². The van der Waals surface area contributed by atoms with Crippen LogP contribution in [0.3, 0.4) is 0 Å². The fourth-order valence-electron chi connectivity index (χ4n) is 13.6. The molecule has 49 heavy (non-hydrogen) atoms. The van der Waals surface area contributed by atoms with E-state index < -0.39 is 0 Å². The smallest absolute Gasteiger partial charge is 0.306 e. The SMILES string of the molecule is CCCCCC/C=C\CCCCCCCC(=O)O[C@H]1CC[C@]2(C)[C@H]3C=C[C@]45OC[C@@]6(CCC(C)(C)C[C@H]64)CC[C@@]5(C)[C@]3(C)CC[C@H]2C1(C)C. The first-order valence-corrected chi connectivity index (χ1v) is 21.4. The maximum atomic E-state index is 13.2. The van der Waals surface area contributed by atoms with Crippen molar-refractivity contribution in [3.63, 3.8) is 0 Å². The molecule has 0 unspecified atom stereocenters. The molecule has 0 N–H and O–H groups in total. The minimum atomic E-state index is -0.107. The van der Waals surface area contributed by atoms with E-state index in [0.29, 0.717) is 35.0 Å². The van der Waals surface area contributed by atoms with Crippen molar-refractivity contribution in [2.24, 2.45) is 50.2 Å². The zero-order valence-corrected chi connectivity index (χ0v) is 33.4. The lowest BCUT2D eigenvalue weighted by molar-refractivity contribution is -0.245. The van der Waals surface area contributed by atoms with Gasteiger partial charge in [0.05, 0.1) is 12.2 Å². The highest BCUT2D eigenvalue weighted by Gasteiger charge is 2.77. The lowest BCUT2D eigenvalue weighted by atomic mass is 9.32. The van der Waals surface area contributed by atoms with E-state index in [9.17, 15) is 4.79 Å². The van der Waals surface area contributed by atoms with Crippen molar-refractivity contribution in [2.45, 2.75) is 202 Å². The molecule has 4 saturated carbocycles. The molecule has 9 atom stereocenters. The van der Waals surface area contributed by atoms with Crippen molar-refractivity contribution >= 4 is 5.97 Å². The third-order valence-electron chi connectivity index (χ3n) is 16.9. The minimum Gasteiger partial charge on any atom is -0.462 e. The predicted molar refractivity (Wildman–Crippen MR) is 204 cm³/mol. The van der Waals surface area contributed by atoms with E-state index in [1.54, 1.807) is 0 Å². The van der Waals surface area contributed by atoms with E-state index in [-0.39, 0.29) is 39.3 Å². The Morgan fingerprint density at radius 2 is 1.45 bits per heavy atom. The third kappa shape index (κ3) is 6.37. The molecular formula is C46H76O3. The normalized spacial score (nSPS) is 43.0. The van der Waals surface area contributed by atoms with Crippen molar-refractivity contribution in [3.05, 3.63) is 24.3 Å². The summed E-state index contributed by atoms with van der Waals surface area (Å²) in [5.74, 6) is 1.79. The quantitative estimate of drug-likeness (QED) is 0.104. The number of hydrogen-bond donors (Lipinski definition) is 0. The van der Waals surface area contributed by atoms with Gasteiger partial charge in [-0.05, 0) is 123 Å². The molecule has 0 radical (unpaired) electrons. The molecule has 0 amide bonds. The lowest BCUT2D eigenvalue weighted by Gasteiger charge is -2.72. The van der Waals surface area contributed by atoms with Gasteiger partial charge in [-0.2, -0.15) is 0 Å². The Morgan fingerprint density at radius 3 is 2.18 bits per heavy atom. The second-order valence-corrected chi connectivity index (χ2v) is 20.5. The van der Waals surface area contributed by atoms with Crippen LogP contribution in [0.25, 0.3) is 0 Å². The summed E-state index contributed by atoms with van der Waals surface area (Å²) in [7, 11) is 0. The Kier molecular flexibility index (Phi) is 10.8. The van der Waals surface area contributed by atoms with Crippen LogP contribution in [0.5, 0.6) is 0 Å². The molecule has 5 aliphatic carbocycles. The molecule has 6 aliphatic rings. The average Bonchev–Trinajstić information content (AvgIpc) is 3.28. The van der Waals surface area contributed by atoms with E-state index in [0.717, 1.165) is 32.3 Å². The zero-order chi connectivity index (χ0) is 35.2. The molecule has 0 aromatic heterocycles. The number of allylic oxidation sites excluding steroid dienone is 3. The van der Waals surface area contributed by atoms with Gasteiger partial charge >= 0.3 is 5.97 Å². The van der Waals surface area contributed by atoms with Gasteiger partial charge in [-0.3, -0.25) is 4.79 Å². The lowest BCUT2D eigenvalue weighted by Crippen LogP contribution is -2.70. The Hall–Kier alpha value is -1.09. The minimum absolute atomic E-state index is 0.0175. The predicted octanol–water partition coefficient (Wildman–Crippen LogP) is 13.0. The summed E-state index contributed by atoms with van der Waals surface area (Å²) in [5, 5.41) is 0. The molecule has 3 heteroatoms. The van der Waals surface area contributed by atoms with E-state index in [1.165, 1.54) is 103 Å². The Balaban J connectivity index is 1.03. The largest absolute Gasteiger partial charge is 0.462 e. The van der Waals surface area contributed by atoms with E-state index >= 15 is 0 Å². The Morgan fingerprint density at radius 1 is 0.776 bits per heavy atom. The highest BCUT2D eigenvalue weighted by molar-refractivity contribution is 5.69. The van der Waals surface area contributed by atoms with Gasteiger partial charge in [0.1, 0.15) is 6.10 Å². The first-order valence-electron chi connectivity index (χ1n) is 21.4. The number of carbonyl (C=O) groups is 1. The second-order valence-electron chi connectivity index (χ2n) is 20.5. The van der Waals surface area contributed by atoms with Gasteiger partial charge in [0.25, 0.3) is 0 Å².